The molecule has 30 heavy (non-hydrogen) atoms. The van der Waals surface area contributed by atoms with Crippen molar-refractivity contribution in [3.05, 3.63) is 54.1 Å². The molecule has 4 rings (SSSR count). The van der Waals surface area contributed by atoms with Crippen molar-refractivity contribution in [2.24, 2.45) is 0 Å². The highest BCUT2D eigenvalue weighted by Gasteiger charge is 2.26. The highest BCUT2D eigenvalue weighted by atomic mass is 16.5. The van der Waals surface area contributed by atoms with E-state index in [0.717, 1.165) is 5.69 Å². The third-order valence-corrected chi connectivity index (χ3v) is 5.01. The highest BCUT2D eigenvalue weighted by Crippen LogP contribution is 2.29. The summed E-state index contributed by atoms with van der Waals surface area (Å²) in [6.45, 7) is 4.85. The number of carbonyl (C=O) groups is 1. The van der Waals surface area contributed by atoms with Gasteiger partial charge in [-0.25, -0.2) is 0 Å². The largest absolute Gasteiger partial charge is 0.493 e. The molecule has 1 fully saturated rings. The molecule has 1 amide bonds. The van der Waals surface area contributed by atoms with Gasteiger partial charge in [0.15, 0.2) is 11.5 Å². The predicted molar refractivity (Wildman–Crippen MR) is 111 cm³/mol. The maximum absolute atomic E-state index is 13.0. The van der Waals surface area contributed by atoms with Gasteiger partial charge in [0.1, 0.15) is 0 Å². The zero-order valence-electron chi connectivity index (χ0n) is 17.1. The van der Waals surface area contributed by atoms with Crippen molar-refractivity contribution in [1.29, 1.82) is 0 Å². The van der Waals surface area contributed by atoms with Crippen molar-refractivity contribution in [2.75, 3.05) is 44.8 Å². The van der Waals surface area contributed by atoms with Crippen LogP contribution in [-0.4, -0.2) is 70.9 Å². The molecule has 0 saturated carbocycles. The van der Waals surface area contributed by atoms with Crippen LogP contribution >= 0.6 is 0 Å². The van der Waals surface area contributed by atoms with Gasteiger partial charge in [0.2, 0.25) is 5.95 Å². The monoisotopic (exact) mass is 408 g/mol. The van der Waals surface area contributed by atoms with Crippen LogP contribution in [0.2, 0.25) is 0 Å². The van der Waals surface area contributed by atoms with E-state index >= 15 is 0 Å². The fourth-order valence-electron chi connectivity index (χ4n) is 3.49. The second kappa shape index (κ2) is 8.81. The molecule has 1 aliphatic rings. The van der Waals surface area contributed by atoms with E-state index in [4.69, 9.17) is 9.47 Å². The van der Waals surface area contributed by atoms with E-state index in [1.54, 1.807) is 30.0 Å². The van der Waals surface area contributed by atoms with Gasteiger partial charge in [-0.05, 0) is 47.7 Å². The van der Waals surface area contributed by atoms with Crippen LogP contribution in [-0.2, 0) is 0 Å². The maximum atomic E-state index is 13.0. The van der Waals surface area contributed by atoms with E-state index in [9.17, 15) is 4.79 Å². The number of rotatable bonds is 6. The van der Waals surface area contributed by atoms with Crippen molar-refractivity contribution in [3.8, 4) is 17.2 Å². The number of nitrogens with zero attached hydrogens (tertiary/aromatic N) is 6. The van der Waals surface area contributed by atoms with E-state index < -0.39 is 0 Å². The zero-order chi connectivity index (χ0) is 20.9. The van der Waals surface area contributed by atoms with E-state index in [-0.39, 0.29) is 5.91 Å². The van der Waals surface area contributed by atoms with Gasteiger partial charge in [0, 0.05) is 31.7 Å². The number of carbonyl (C=O) groups excluding carboxylic acids is 1. The molecule has 3 aromatic rings. The minimum Gasteiger partial charge on any atom is -0.493 e. The molecule has 2 heterocycles. The highest BCUT2D eigenvalue weighted by molar-refractivity contribution is 5.95. The van der Waals surface area contributed by atoms with E-state index in [1.807, 2.05) is 42.2 Å². The van der Waals surface area contributed by atoms with Crippen LogP contribution in [0.1, 0.15) is 17.3 Å². The van der Waals surface area contributed by atoms with Crippen LogP contribution < -0.4 is 14.4 Å². The number of anilines is 1. The van der Waals surface area contributed by atoms with E-state index in [2.05, 4.69) is 20.4 Å². The second-order valence-corrected chi connectivity index (χ2v) is 6.80. The number of benzene rings is 2. The molecule has 2 aromatic carbocycles. The summed E-state index contributed by atoms with van der Waals surface area (Å²) in [6, 6.07) is 15.0. The molecule has 1 saturated heterocycles. The minimum atomic E-state index is -0.0269. The molecule has 0 bridgehead atoms. The first kappa shape index (κ1) is 19.7. The number of amides is 1. The third-order valence-electron chi connectivity index (χ3n) is 5.01. The summed E-state index contributed by atoms with van der Waals surface area (Å²) < 4.78 is 12.6. The molecular formula is C21H24N6O3. The number of para-hydroxylation sites is 1. The molecule has 156 valence electrons. The lowest BCUT2D eigenvalue weighted by Crippen LogP contribution is -2.49. The topological polar surface area (TPSA) is 85.6 Å². The van der Waals surface area contributed by atoms with Gasteiger partial charge in [-0.1, -0.05) is 23.3 Å². The molecule has 0 N–H and O–H groups in total. The van der Waals surface area contributed by atoms with Crippen molar-refractivity contribution in [1.82, 2.24) is 25.1 Å². The first-order valence-electron chi connectivity index (χ1n) is 9.90. The number of hydrogen-bond donors (Lipinski definition) is 0. The average Bonchev–Trinajstić information content (AvgIpc) is 3.29. The van der Waals surface area contributed by atoms with Crippen LogP contribution in [0.3, 0.4) is 0 Å². The number of methoxy groups -OCH3 is 1. The third kappa shape index (κ3) is 3.91. The van der Waals surface area contributed by atoms with Gasteiger partial charge in [-0.2, -0.15) is 4.68 Å². The van der Waals surface area contributed by atoms with Gasteiger partial charge in [-0.3, -0.25) is 4.79 Å². The maximum Gasteiger partial charge on any atom is 0.254 e. The van der Waals surface area contributed by atoms with Crippen molar-refractivity contribution in [3.63, 3.8) is 0 Å². The Morgan fingerprint density at radius 3 is 2.50 bits per heavy atom. The summed E-state index contributed by atoms with van der Waals surface area (Å²) in [4.78, 5) is 16.9. The lowest BCUT2D eigenvalue weighted by atomic mass is 10.1. The van der Waals surface area contributed by atoms with E-state index in [0.29, 0.717) is 55.8 Å². The molecule has 0 unspecified atom stereocenters. The quantitative estimate of drug-likeness (QED) is 0.617. The van der Waals surface area contributed by atoms with Crippen molar-refractivity contribution < 1.29 is 14.3 Å². The Morgan fingerprint density at radius 2 is 1.80 bits per heavy atom. The van der Waals surface area contributed by atoms with Crippen LogP contribution in [0.15, 0.2) is 48.5 Å². The Kier molecular flexibility index (Phi) is 5.78. The van der Waals surface area contributed by atoms with Gasteiger partial charge < -0.3 is 19.3 Å². The average molecular weight is 408 g/mol. The normalized spacial score (nSPS) is 13.9. The number of piperazine rings is 1. The predicted octanol–water partition coefficient (Wildman–Crippen LogP) is 2.03. The fourth-order valence-corrected chi connectivity index (χ4v) is 3.49. The first-order chi connectivity index (χ1) is 14.7. The van der Waals surface area contributed by atoms with E-state index in [1.165, 1.54) is 0 Å². The summed E-state index contributed by atoms with van der Waals surface area (Å²) in [5.41, 5.74) is 1.49. The van der Waals surface area contributed by atoms with Crippen LogP contribution in [0, 0.1) is 0 Å². The van der Waals surface area contributed by atoms with Crippen molar-refractivity contribution >= 4 is 11.9 Å². The van der Waals surface area contributed by atoms with Gasteiger partial charge in [-0.15, -0.1) is 0 Å². The SMILES string of the molecule is CCOc1cc(C(=O)N2CCN(c3nnnn3-c3ccccc3)CC2)ccc1OC. The number of tetrazole rings is 1. The molecule has 0 spiro atoms. The Hall–Kier alpha value is -3.62. The Morgan fingerprint density at radius 1 is 1.03 bits per heavy atom. The molecule has 9 heteroatoms. The number of aromatic nitrogens is 4. The number of ether oxygens (including phenoxy) is 2. The number of hydrogen-bond acceptors (Lipinski definition) is 7. The summed E-state index contributed by atoms with van der Waals surface area (Å²) >= 11 is 0. The van der Waals surface area contributed by atoms with Crippen LogP contribution in [0.5, 0.6) is 11.5 Å². The summed E-state index contributed by atoms with van der Waals surface area (Å²) in [5.74, 6) is 1.84. The Balaban J connectivity index is 1.45. The Labute approximate surface area is 174 Å². The molecule has 9 nitrogen and oxygen atoms in total. The van der Waals surface area contributed by atoms with Gasteiger partial charge in [0.05, 0.1) is 19.4 Å². The minimum absolute atomic E-state index is 0.0269. The van der Waals surface area contributed by atoms with Crippen molar-refractivity contribution in [2.45, 2.75) is 6.92 Å². The zero-order valence-corrected chi connectivity index (χ0v) is 17.1. The van der Waals surface area contributed by atoms with Gasteiger partial charge in [0.25, 0.3) is 5.91 Å². The Bertz CT molecular complexity index is 999. The van der Waals surface area contributed by atoms with Crippen LogP contribution in [0.4, 0.5) is 5.95 Å². The standard InChI is InChI=1S/C21H24N6O3/c1-3-30-19-15-16(9-10-18(19)29-2)20(28)25-11-13-26(14-12-25)21-22-23-24-27(21)17-7-5-4-6-8-17/h4-10,15H,3,11-14H2,1-2H3. The summed E-state index contributed by atoms with van der Waals surface area (Å²) in [5, 5.41) is 12.1. The second-order valence-electron chi connectivity index (χ2n) is 6.80. The molecule has 1 aliphatic heterocycles. The molecule has 0 radical (unpaired) electrons. The summed E-state index contributed by atoms with van der Waals surface area (Å²) in [7, 11) is 1.58. The fraction of sp³-hybridized carbons (Fsp3) is 0.333. The first-order valence-corrected chi connectivity index (χ1v) is 9.90. The molecule has 0 aliphatic carbocycles. The summed E-state index contributed by atoms with van der Waals surface area (Å²) in [6.07, 6.45) is 0. The van der Waals surface area contributed by atoms with Gasteiger partial charge >= 0.3 is 0 Å². The smallest absolute Gasteiger partial charge is 0.254 e. The van der Waals surface area contributed by atoms with Crippen LogP contribution in [0.25, 0.3) is 5.69 Å². The lowest BCUT2D eigenvalue weighted by molar-refractivity contribution is 0.0745. The molecular weight excluding hydrogens is 384 g/mol. The lowest BCUT2D eigenvalue weighted by Gasteiger charge is -2.34. The molecule has 1 aromatic heterocycles. The molecule has 0 atom stereocenters.